The van der Waals surface area contributed by atoms with Crippen molar-refractivity contribution >= 4 is 47.6 Å². The number of carboxylic acids is 1. The van der Waals surface area contributed by atoms with E-state index < -0.39 is 59.2 Å². The molecule has 0 aliphatic heterocycles. The SMILES string of the molecule is CC(C)C[C@H](OC(=O)C(C)(C)CNC(=O)OC(C)(C)C)C(=O)O[C@@H](C/C=C/C(=O)N[C@H](Cc1ccc(O)c(Cl)c1)C(=O)O)[C@H](C)/C=C/c1ccccc1. The van der Waals surface area contributed by atoms with Crippen molar-refractivity contribution in [2.75, 3.05) is 6.54 Å². The summed E-state index contributed by atoms with van der Waals surface area (Å²) in [6.07, 6.45) is 3.77. The van der Waals surface area contributed by atoms with Gasteiger partial charge < -0.3 is 35.1 Å². The third-order valence-electron chi connectivity index (χ3n) is 7.77. The molecule has 0 radical (unpaired) electrons. The number of rotatable bonds is 18. The number of hydrogen-bond acceptors (Lipinski definition) is 9. The van der Waals surface area contributed by atoms with Crippen molar-refractivity contribution in [1.29, 1.82) is 0 Å². The van der Waals surface area contributed by atoms with Crippen LogP contribution in [-0.4, -0.2) is 70.5 Å². The summed E-state index contributed by atoms with van der Waals surface area (Å²) in [5.74, 6) is -4.02. The van der Waals surface area contributed by atoms with E-state index >= 15 is 0 Å². The number of aliphatic carboxylic acids is 1. The van der Waals surface area contributed by atoms with Crippen molar-refractivity contribution in [2.45, 2.75) is 98.5 Å². The van der Waals surface area contributed by atoms with Crippen LogP contribution in [0, 0.1) is 17.3 Å². The number of carbonyl (C=O) groups excluding carboxylic acids is 4. The van der Waals surface area contributed by atoms with E-state index in [9.17, 15) is 34.2 Å². The van der Waals surface area contributed by atoms with Crippen LogP contribution in [0.15, 0.2) is 66.8 Å². The van der Waals surface area contributed by atoms with Gasteiger partial charge in [-0.15, -0.1) is 0 Å². The number of ether oxygens (including phenoxy) is 3. The summed E-state index contributed by atoms with van der Waals surface area (Å²) in [5.41, 5.74) is -0.525. The number of benzene rings is 2. The van der Waals surface area contributed by atoms with Crippen LogP contribution < -0.4 is 10.6 Å². The zero-order valence-corrected chi connectivity index (χ0v) is 32.4. The average molecular weight is 757 g/mol. The van der Waals surface area contributed by atoms with Crippen LogP contribution in [0.3, 0.4) is 0 Å². The minimum Gasteiger partial charge on any atom is -0.506 e. The van der Waals surface area contributed by atoms with E-state index in [0.29, 0.717) is 5.56 Å². The van der Waals surface area contributed by atoms with Gasteiger partial charge in [-0.25, -0.2) is 14.4 Å². The Morgan fingerprint density at radius 3 is 2.19 bits per heavy atom. The first kappa shape index (κ1) is 44.3. The van der Waals surface area contributed by atoms with Crippen LogP contribution in [0.25, 0.3) is 6.08 Å². The fourth-order valence-corrected chi connectivity index (χ4v) is 4.98. The first-order chi connectivity index (χ1) is 24.7. The van der Waals surface area contributed by atoms with E-state index in [4.69, 9.17) is 25.8 Å². The maximum absolute atomic E-state index is 13.7. The molecule has 0 heterocycles. The van der Waals surface area contributed by atoms with Crippen molar-refractivity contribution in [1.82, 2.24) is 10.6 Å². The zero-order chi connectivity index (χ0) is 39.9. The molecule has 0 aliphatic rings. The number of halogens is 1. The molecule has 0 saturated carbocycles. The summed E-state index contributed by atoms with van der Waals surface area (Å²) in [5, 5.41) is 24.5. The summed E-state index contributed by atoms with van der Waals surface area (Å²) >= 11 is 5.95. The van der Waals surface area contributed by atoms with Gasteiger partial charge >= 0.3 is 24.0 Å². The highest BCUT2D eigenvalue weighted by molar-refractivity contribution is 6.32. The van der Waals surface area contributed by atoms with E-state index in [1.165, 1.54) is 30.4 Å². The summed E-state index contributed by atoms with van der Waals surface area (Å²) in [6, 6.07) is 12.5. The standard InChI is InChI=1S/C40H53ClN2O10/c1-25(2)21-33(52-37(49)40(7,8)24-42-38(50)53-39(4,5)6)36(48)51-32(26(3)17-18-27-13-10-9-11-14-27)15-12-16-34(45)43-30(35(46)47)23-28-19-20-31(44)29(41)22-28/h9-14,16-20,22,25-26,30,32-33,44H,15,21,23-24H2,1-8H3,(H,42,50)(H,43,45)(H,46,47)/b16-12+,18-17+/t26-,30-,32+,33+/m1/s1. The Kier molecular flexibility index (Phi) is 17.1. The van der Waals surface area contributed by atoms with Crippen molar-refractivity contribution in [3.8, 4) is 5.75 Å². The number of aromatic hydroxyl groups is 1. The number of carboxylic acid groups (broad SMARTS) is 1. The Hall–Kier alpha value is -4.84. The van der Waals surface area contributed by atoms with Crippen molar-refractivity contribution in [2.24, 2.45) is 17.3 Å². The number of hydrogen-bond donors (Lipinski definition) is 4. The molecule has 0 spiro atoms. The van der Waals surface area contributed by atoms with Gasteiger partial charge in [0.2, 0.25) is 5.91 Å². The smallest absolute Gasteiger partial charge is 0.407 e. The number of esters is 2. The number of carbonyl (C=O) groups is 5. The topological polar surface area (TPSA) is 178 Å². The van der Waals surface area contributed by atoms with Crippen LogP contribution in [0.1, 0.15) is 79.4 Å². The van der Waals surface area contributed by atoms with Gasteiger partial charge in [0.25, 0.3) is 0 Å². The normalized spacial score (nSPS) is 14.3. The summed E-state index contributed by atoms with van der Waals surface area (Å²) in [6.45, 7) is 13.8. The van der Waals surface area contributed by atoms with E-state index in [0.717, 1.165) is 5.56 Å². The zero-order valence-electron chi connectivity index (χ0n) is 31.7. The molecule has 2 rings (SSSR count). The molecule has 2 aromatic carbocycles. The minimum absolute atomic E-state index is 0.0539. The van der Waals surface area contributed by atoms with Gasteiger partial charge in [-0.1, -0.05) is 87.0 Å². The lowest BCUT2D eigenvalue weighted by molar-refractivity contribution is -0.178. The van der Waals surface area contributed by atoms with Gasteiger partial charge in [0, 0.05) is 25.3 Å². The predicted molar refractivity (Wildman–Crippen MR) is 202 cm³/mol. The Morgan fingerprint density at radius 1 is 0.943 bits per heavy atom. The Bertz CT molecular complexity index is 1610. The molecule has 4 atom stereocenters. The molecule has 0 unspecified atom stereocenters. The summed E-state index contributed by atoms with van der Waals surface area (Å²) in [4.78, 5) is 63.9. The molecule has 0 aliphatic carbocycles. The van der Waals surface area contributed by atoms with Crippen molar-refractivity contribution < 1.29 is 48.4 Å². The number of amides is 2. The lowest BCUT2D eigenvalue weighted by Gasteiger charge is -2.29. The first-order valence-electron chi connectivity index (χ1n) is 17.5. The van der Waals surface area contributed by atoms with Crippen molar-refractivity contribution in [3.63, 3.8) is 0 Å². The number of nitrogens with one attached hydrogen (secondary N) is 2. The number of phenolic OH excluding ortho intramolecular Hbond substituents is 1. The van der Waals surface area contributed by atoms with Gasteiger partial charge in [-0.2, -0.15) is 0 Å². The van der Waals surface area contributed by atoms with Crippen LogP contribution in [-0.2, 0) is 39.8 Å². The second-order valence-corrected chi connectivity index (χ2v) is 15.3. The van der Waals surface area contributed by atoms with Crippen molar-refractivity contribution in [3.05, 3.63) is 82.9 Å². The van der Waals surface area contributed by atoms with Gasteiger partial charge in [-0.05, 0) is 76.3 Å². The monoisotopic (exact) mass is 756 g/mol. The molecule has 290 valence electrons. The third-order valence-corrected chi connectivity index (χ3v) is 8.08. The molecule has 0 aromatic heterocycles. The first-order valence-corrected chi connectivity index (χ1v) is 17.8. The van der Waals surface area contributed by atoms with E-state index in [1.54, 1.807) is 34.6 Å². The fraction of sp³-hybridized carbons (Fsp3) is 0.475. The van der Waals surface area contributed by atoms with Crippen LogP contribution >= 0.6 is 11.6 Å². The Morgan fingerprint density at radius 2 is 1.60 bits per heavy atom. The van der Waals surface area contributed by atoms with Crippen LogP contribution in [0.4, 0.5) is 4.79 Å². The van der Waals surface area contributed by atoms with Gasteiger partial charge in [-0.3, -0.25) is 9.59 Å². The summed E-state index contributed by atoms with van der Waals surface area (Å²) in [7, 11) is 0. The average Bonchev–Trinajstić information content (AvgIpc) is 3.06. The molecule has 4 N–H and O–H groups in total. The van der Waals surface area contributed by atoms with Crippen LogP contribution in [0.2, 0.25) is 5.02 Å². The van der Waals surface area contributed by atoms with E-state index in [2.05, 4.69) is 10.6 Å². The highest BCUT2D eigenvalue weighted by atomic mass is 35.5. The van der Waals surface area contributed by atoms with Gasteiger partial charge in [0.1, 0.15) is 23.5 Å². The summed E-state index contributed by atoms with van der Waals surface area (Å²) < 4.78 is 16.9. The van der Waals surface area contributed by atoms with E-state index in [1.807, 2.05) is 63.3 Å². The second-order valence-electron chi connectivity index (χ2n) is 14.9. The fourth-order valence-electron chi connectivity index (χ4n) is 4.78. The maximum atomic E-state index is 13.7. The molecular weight excluding hydrogens is 704 g/mol. The molecule has 0 bridgehead atoms. The second kappa shape index (κ2) is 20.4. The number of phenols is 1. The Labute approximate surface area is 316 Å². The lowest BCUT2D eigenvalue weighted by atomic mass is 9.93. The number of alkyl carbamates (subject to hydrolysis) is 1. The quantitative estimate of drug-likeness (QED) is 0.0713. The highest BCUT2D eigenvalue weighted by Gasteiger charge is 2.36. The molecule has 53 heavy (non-hydrogen) atoms. The van der Waals surface area contributed by atoms with Gasteiger partial charge in [0.15, 0.2) is 6.10 Å². The molecular formula is C40H53ClN2O10. The van der Waals surface area contributed by atoms with E-state index in [-0.39, 0.29) is 48.4 Å². The largest absolute Gasteiger partial charge is 0.506 e. The Balaban J connectivity index is 2.23. The molecule has 2 aromatic rings. The minimum atomic E-state index is -1.29. The maximum Gasteiger partial charge on any atom is 0.407 e. The van der Waals surface area contributed by atoms with Gasteiger partial charge in [0.05, 0.1) is 10.4 Å². The molecule has 0 fully saturated rings. The molecule has 2 amide bonds. The highest BCUT2D eigenvalue weighted by Crippen LogP contribution is 2.25. The molecule has 0 saturated heterocycles. The predicted octanol–water partition coefficient (Wildman–Crippen LogP) is 6.87. The molecule has 12 nitrogen and oxygen atoms in total. The lowest BCUT2D eigenvalue weighted by Crippen LogP contribution is -2.44. The molecule has 13 heteroatoms. The van der Waals surface area contributed by atoms with Crippen LogP contribution in [0.5, 0.6) is 5.75 Å². The third kappa shape index (κ3) is 16.6.